The molecule has 0 aromatic heterocycles. The van der Waals surface area contributed by atoms with Gasteiger partial charge in [-0.3, -0.25) is 4.79 Å². The van der Waals surface area contributed by atoms with Crippen molar-refractivity contribution in [3.05, 3.63) is 53.1 Å². The van der Waals surface area contributed by atoms with Crippen LogP contribution in [0.2, 0.25) is 0 Å². The molecular formula is C22H27ClN2O3. The Kier molecular flexibility index (Phi) is 6.04. The lowest BCUT2D eigenvalue weighted by Crippen LogP contribution is -2.39. The van der Waals surface area contributed by atoms with Gasteiger partial charge in [0.25, 0.3) is 5.91 Å². The van der Waals surface area contributed by atoms with Gasteiger partial charge in [-0.05, 0) is 55.2 Å². The molecule has 0 unspecified atom stereocenters. The second kappa shape index (κ2) is 8.31. The maximum absolute atomic E-state index is 12.8. The number of nitrogens with two attached hydrogens (primary N) is 1. The van der Waals surface area contributed by atoms with Crippen LogP contribution in [0.1, 0.15) is 47.2 Å². The lowest BCUT2D eigenvalue weighted by atomic mass is 9.78. The number of hydrogen-bond donors (Lipinski definition) is 2. The van der Waals surface area contributed by atoms with Crippen molar-refractivity contribution in [2.75, 3.05) is 25.5 Å². The number of nitrogens with one attached hydrogen (secondary N) is 1. The monoisotopic (exact) mass is 402 g/mol. The maximum Gasteiger partial charge on any atom is 0.251 e. The highest BCUT2D eigenvalue weighted by molar-refractivity contribution is 5.96. The summed E-state index contributed by atoms with van der Waals surface area (Å²) in [6, 6.07) is 11.7. The van der Waals surface area contributed by atoms with E-state index < -0.39 is 0 Å². The first-order chi connectivity index (χ1) is 13.1. The predicted molar refractivity (Wildman–Crippen MR) is 113 cm³/mol. The largest absolute Gasteiger partial charge is 0.486 e. The minimum Gasteiger partial charge on any atom is -0.486 e. The summed E-state index contributed by atoms with van der Waals surface area (Å²) in [6.07, 6.45) is 4.45. The van der Waals surface area contributed by atoms with E-state index in [-0.39, 0.29) is 23.7 Å². The summed E-state index contributed by atoms with van der Waals surface area (Å²) >= 11 is 0. The fraction of sp³-hybridized carbons (Fsp3) is 0.409. The lowest BCUT2D eigenvalue weighted by molar-refractivity contribution is 0.0942. The molecule has 0 bridgehead atoms. The number of carbonyl (C=O) groups excluding carboxylic acids is 1. The van der Waals surface area contributed by atoms with Gasteiger partial charge < -0.3 is 20.5 Å². The van der Waals surface area contributed by atoms with E-state index in [1.807, 2.05) is 25.1 Å². The van der Waals surface area contributed by atoms with Gasteiger partial charge in [0.2, 0.25) is 0 Å². The zero-order valence-electron chi connectivity index (χ0n) is 16.1. The Labute approximate surface area is 172 Å². The van der Waals surface area contributed by atoms with Crippen LogP contribution in [0.4, 0.5) is 5.69 Å². The molecule has 6 heteroatoms. The van der Waals surface area contributed by atoms with Gasteiger partial charge in [-0.2, -0.15) is 0 Å². The summed E-state index contributed by atoms with van der Waals surface area (Å²) in [5.74, 6) is 1.55. The molecule has 1 aliphatic heterocycles. The topological polar surface area (TPSA) is 73.6 Å². The summed E-state index contributed by atoms with van der Waals surface area (Å²) in [7, 11) is 0. The number of rotatable bonds is 4. The van der Waals surface area contributed by atoms with Gasteiger partial charge in [0, 0.05) is 23.2 Å². The van der Waals surface area contributed by atoms with Crippen LogP contribution in [0.15, 0.2) is 36.4 Å². The highest BCUT2D eigenvalue weighted by Gasteiger charge is 2.37. The lowest BCUT2D eigenvalue weighted by Gasteiger charge is -2.31. The molecule has 1 amide bonds. The Morgan fingerprint density at radius 3 is 2.54 bits per heavy atom. The van der Waals surface area contributed by atoms with E-state index >= 15 is 0 Å². The first-order valence-electron chi connectivity index (χ1n) is 9.62. The highest BCUT2D eigenvalue weighted by Crippen LogP contribution is 2.43. The molecule has 1 fully saturated rings. The average molecular weight is 403 g/mol. The fourth-order valence-electron chi connectivity index (χ4n) is 4.22. The molecule has 150 valence electrons. The number of benzene rings is 2. The first kappa shape index (κ1) is 20.3. The number of carbonyl (C=O) groups is 1. The van der Waals surface area contributed by atoms with Crippen LogP contribution in [0.3, 0.4) is 0 Å². The third kappa shape index (κ3) is 3.90. The van der Waals surface area contributed by atoms with Crippen molar-refractivity contribution in [2.45, 2.75) is 38.0 Å². The van der Waals surface area contributed by atoms with Gasteiger partial charge in [-0.25, -0.2) is 0 Å². The quantitative estimate of drug-likeness (QED) is 0.758. The summed E-state index contributed by atoms with van der Waals surface area (Å²) in [5, 5.41) is 3.16. The van der Waals surface area contributed by atoms with E-state index in [4.69, 9.17) is 15.2 Å². The van der Waals surface area contributed by atoms with Crippen LogP contribution < -0.4 is 20.5 Å². The van der Waals surface area contributed by atoms with Crippen molar-refractivity contribution >= 4 is 24.0 Å². The molecule has 4 rings (SSSR count). The van der Waals surface area contributed by atoms with Gasteiger partial charge >= 0.3 is 0 Å². The van der Waals surface area contributed by atoms with E-state index in [0.717, 1.165) is 29.9 Å². The van der Waals surface area contributed by atoms with Crippen molar-refractivity contribution < 1.29 is 14.3 Å². The molecule has 0 saturated heterocycles. The van der Waals surface area contributed by atoms with Gasteiger partial charge in [0.05, 0.1) is 0 Å². The van der Waals surface area contributed by atoms with Crippen molar-refractivity contribution in [1.82, 2.24) is 5.32 Å². The number of amides is 1. The molecule has 1 aliphatic carbocycles. The third-order valence-electron chi connectivity index (χ3n) is 5.81. The van der Waals surface area contributed by atoms with Crippen LogP contribution in [0.5, 0.6) is 11.5 Å². The van der Waals surface area contributed by atoms with E-state index in [9.17, 15) is 4.79 Å². The molecule has 1 heterocycles. The van der Waals surface area contributed by atoms with Crippen molar-refractivity contribution in [3.8, 4) is 11.5 Å². The second-order valence-corrected chi connectivity index (χ2v) is 7.60. The molecular weight excluding hydrogens is 376 g/mol. The molecule has 0 radical (unpaired) electrons. The third-order valence-corrected chi connectivity index (χ3v) is 5.81. The summed E-state index contributed by atoms with van der Waals surface area (Å²) in [4.78, 5) is 12.8. The molecule has 0 atom stereocenters. The second-order valence-electron chi connectivity index (χ2n) is 7.60. The highest BCUT2D eigenvalue weighted by atomic mass is 35.5. The van der Waals surface area contributed by atoms with Crippen LogP contribution in [-0.4, -0.2) is 25.7 Å². The normalized spacial score (nSPS) is 16.9. The molecule has 0 spiro atoms. The Bertz CT molecular complexity index is 863. The molecule has 5 nitrogen and oxygen atoms in total. The maximum atomic E-state index is 12.8. The predicted octanol–water partition coefficient (Wildman–Crippen LogP) is 4.01. The van der Waals surface area contributed by atoms with Gasteiger partial charge in [-0.15, -0.1) is 12.4 Å². The van der Waals surface area contributed by atoms with Gasteiger partial charge in [0.15, 0.2) is 11.5 Å². The van der Waals surface area contributed by atoms with Crippen LogP contribution >= 0.6 is 12.4 Å². The summed E-state index contributed by atoms with van der Waals surface area (Å²) < 4.78 is 11.4. The van der Waals surface area contributed by atoms with E-state index in [1.165, 1.54) is 18.4 Å². The van der Waals surface area contributed by atoms with E-state index in [2.05, 4.69) is 17.4 Å². The summed E-state index contributed by atoms with van der Waals surface area (Å²) in [6.45, 7) is 3.71. The molecule has 2 aromatic carbocycles. The molecule has 2 aliphatic rings. The first-order valence-corrected chi connectivity index (χ1v) is 9.62. The average Bonchev–Trinajstić information content (AvgIpc) is 3.18. The van der Waals surface area contributed by atoms with Crippen LogP contribution in [0, 0.1) is 6.92 Å². The SMILES string of the molecule is Cc1ccc(N)cc1C(=O)NCC1(c2ccc3c(c2)OCCO3)CCCC1.Cl. The van der Waals surface area contributed by atoms with E-state index in [1.54, 1.807) is 6.07 Å². The Balaban J connectivity index is 0.00000225. The van der Waals surface area contributed by atoms with Gasteiger partial charge in [-0.1, -0.05) is 25.0 Å². The van der Waals surface area contributed by atoms with Crippen LogP contribution in [-0.2, 0) is 5.41 Å². The number of anilines is 1. The van der Waals surface area contributed by atoms with Crippen molar-refractivity contribution in [1.29, 1.82) is 0 Å². The summed E-state index contributed by atoms with van der Waals surface area (Å²) in [5.41, 5.74) is 9.20. The van der Waals surface area contributed by atoms with E-state index in [0.29, 0.717) is 31.0 Å². The number of nitrogen functional groups attached to an aromatic ring is 1. The smallest absolute Gasteiger partial charge is 0.251 e. The standard InChI is InChI=1S/C22H26N2O3.ClH/c1-15-4-6-17(23)13-18(15)21(25)24-14-22(8-2-3-9-22)16-5-7-19-20(12-16)27-11-10-26-19;/h4-7,12-13H,2-3,8-11,14,23H2,1H3,(H,24,25);1H. The molecule has 28 heavy (non-hydrogen) atoms. The number of aryl methyl sites for hydroxylation is 1. The van der Waals surface area contributed by atoms with Crippen molar-refractivity contribution in [3.63, 3.8) is 0 Å². The fourth-order valence-corrected chi connectivity index (χ4v) is 4.22. The number of hydrogen-bond acceptors (Lipinski definition) is 4. The van der Waals surface area contributed by atoms with Crippen LogP contribution in [0.25, 0.3) is 0 Å². The van der Waals surface area contributed by atoms with Gasteiger partial charge in [0.1, 0.15) is 13.2 Å². The molecule has 2 aromatic rings. The van der Waals surface area contributed by atoms with Crippen molar-refractivity contribution in [2.24, 2.45) is 0 Å². The Morgan fingerprint density at radius 2 is 1.79 bits per heavy atom. The molecule has 1 saturated carbocycles. The number of halogens is 1. The number of fused-ring (bicyclic) bond motifs is 1. The minimum atomic E-state index is -0.0661. The zero-order chi connectivity index (χ0) is 18.9. The Hall–Kier alpha value is -2.40. The number of ether oxygens (including phenoxy) is 2. The Morgan fingerprint density at radius 1 is 1.07 bits per heavy atom. The molecule has 3 N–H and O–H groups in total. The minimum absolute atomic E-state index is 0. The zero-order valence-corrected chi connectivity index (χ0v) is 16.9.